The molecule has 0 aromatic rings. The van der Waals surface area contributed by atoms with Crippen LogP contribution in [0, 0.1) is 5.41 Å². The Bertz CT molecular complexity index is 1590. The summed E-state index contributed by atoms with van der Waals surface area (Å²) in [5.41, 5.74) is -6.88. The number of urea groups is 2. The standard InChI is InChI=1S/C50H88N6O10/c1-11-13-15-17-19-21-26-53-39(61)49(51-42(53)65)32-44(3,4)55(45(5,6)33-49)30-36(57)28-48(41(63)64,25-23-24-38(59)60)29-37(58)31-56-46(7,8)34-50(35-47(56,9)10)40(62)54(43(66)52-50)27-22-20-18-16-14-12-2/h36-37,57-58H,11-35H2,1-10H3,(H,51,65)(H,52,66)(H,59,60)(H,63,64). The van der Waals surface area contributed by atoms with Crippen molar-refractivity contribution in [1.29, 1.82) is 0 Å². The highest BCUT2D eigenvalue weighted by atomic mass is 16.4. The molecular formula is C50H88N6O10. The number of β-amino-alcohol motifs (C(OH)–C–C–N with tert-alkyl or cyclic N) is 2. The number of hydrogen-bond acceptors (Lipinski definition) is 10. The van der Waals surface area contributed by atoms with Gasteiger partial charge < -0.3 is 31.1 Å². The summed E-state index contributed by atoms with van der Waals surface area (Å²) in [4.78, 5) is 86.8. The van der Waals surface area contributed by atoms with E-state index in [2.05, 4.69) is 34.3 Å². The van der Waals surface area contributed by atoms with Gasteiger partial charge in [-0.25, -0.2) is 9.59 Å². The summed E-state index contributed by atoms with van der Waals surface area (Å²) in [7, 11) is 0. The molecule has 4 aliphatic heterocycles. The number of imide groups is 2. The van der Waals surface area contributed by atoms with Gasteiger partial charge in [0.05, 0.1) is 17.6 Å². The minimum atomic E-state index is -1.70. The van der Waals surface area contributed by atoms with Crippen molar-refractivity contribution in [2.45, 2.75) is 250 Å². The van der Waals surface area contributed by atoms with E-state index < -0.39 is 62.8 Å². The van der Waals surface area contributed by atoms with E-state index in [1.54, 1.807) is 0 Å². The molecule has 6 amide bonds. The third kappa shape index (κ3) is 12.8. The molecule has 0 aromatic heterocycles. The molecule has 4 aliphatic rings. The minimum absolute atomic E-state index is 0.0155. The first-order chi connectivity index (χ1) is 30.6. The van der Waals surface area contributed by atoms with Crippen molar-refractivity contribution in [1.82, 2.24) is 30.2 Å². The molecule has 4 heterocycles. The number of rotatable bonds is 27. The third-order valence-corrected chi connectivity index (χ3v) is 15.4. The Balaban J connectivity index is 1.49. The van der Waals surface area contributed by atoms with E-state index in [0.29, 0.717) is 13.1 Å². The third-order valence-electron chi connectivity index (χ3n) is 15.4. The maximum Gasteiger partial charge on any atom is 0.325 e. The highest BCUT2D eigenvalue weighted by Crippen LogP contribution is 2.49. The molecule has 0 aliphatic carbocycles. The van der Waals surface area contributed by atoms with Crippen LogP contribution in [0.3, 0.4) is 0 Å². The van der Waals surface area contributed by atoms with Gasteiger partial charge in [0, 0.05) is 54.8 Å². The first-order valence-electron chi connectivity index (χ1n) is 25.3. The van der Waals surface area contributed by atoms with Gasteiger partial charge >= 0.3 is 24.0 Å². The number of piperidine rings is 2. The van der Waals surface area contributed by atoms with Crippen LogP contribution in [0.15, 0.2) is 0 Å². The molecule has 16 heteroatoms. The van der Waals surface area contributed by atoms with Crippen molar-refractivity contribution in [2.24, 2.45) is 5.41 Å². The number of aliphatic carboxylic acids is 2. The lowest BCUT2D eigenvalue weighted by atomic mass is 9.67. The molecule has 4 rings (SSSR count). The molecule has 0 saturated carbocycles. The Morgan fingerprint density at radius 3 is 1.21 bits per heavy atom. The highest BCUT2D eigenvalue weighted by molar-refractivity contribution is 6.08. The van der Waals surface area contributed by atoms with Crippen LogP contribution in [0.1, 0.15) is 204 Å². The van der Waals surface area contributed by atoms with Gasteiger partial charge in [0.1, 0.15) is 11.1 Å². The number of unbranched alkanes of at least 4 members (excludes halogenated alkanes) is 10. The van der Waals surface area contributed by atoms with Crippen LogP contribution < -0.4 is 10.6 Å². The van der Waals surface area contributed by atoms with Crippen LogP contribution in [0.4, 0.5) is 9.59 Å². The molecule has 0 radical (unpaired) electrons. The Morgan fingerprint density at radius 2 is 0.894 bits per heavy atom. The average Bonchev–Trinajstić information content (AvgIpc) is 3.53. The molecule has 16 nitrogen and oxygen atoms in total. The van der Waals surface area contributed by atoms with E-state index in [4.69, 9.17) is 0 Å². The number of nitrogens with zero attached hydrogens (tertiary/aromatic N) is 4. The molecule has 4 fully saturated rings. The van der Waals surface area contributed by atoms with Gasteiger partial charge in [0.15, 0.2) is 0 Å². The maximum atomic E-state index is 14.1. The Hall–Kier alpha value is -3.34. The predicted molar refractivity (Wildman–Crippen MR) is 254 cm³/mol. The second-order valence-electron chi connectivity index (χ2n) is 23.2. The van der Waals surface area contributed by atoms with Crippen molar-refractivity contribution in [3.63, 3.8) is 0 Å². The number of aliphatic hydroxyl groups excluding tert-OH is 2. The van der Waals surface area contributed by atoms with E-state index in [0.717, 1.165) is 77.0 Å². The summed E-state index contributed by atoms with van der Waals surface area (Å²) in [5.74, 6) is -2.79. The Labute approximate surface area is 395 Å². The summed E-state index contributed by atoms with van der Waals surface area (Å²) >= 11 is 0. The zero-order valence-corrected chi connectivity index (χ0v) is 42.4. The van der Waals surface area contributed by atoms with Gasteiger partial charge in [-0.3, -0.25) is 38.8 Å². The lowest BCUT2D eigenvalue weighted by Crippen LogP contribution is -2.70. The number of carboxylic acid groups (broad SMARTS) is 2. The van der Waals surface area contributed by atoms with Crippen molar-refractivity contribution >= 4 is 35.8 Å². The SMILES string of the molecule is CCCCCCCCN1C(=O)NC2(CC(C)(C)N(CC(O)CC(CCCC(=O)O)(CC(O)CN3C(C)(C)CC4(CC3(C)C)NC(=O)N(CCCCCCCC)C4=O)C(=O)O)C(C)(C)C2)C1=O. The molecule has 2 atom stereocenters. The monoisotopic (exact) mass is 933 g/mol. The fraction of sp³-hybridized carbons (Fsp3) is 0.880. The number of carbonyl (C=O) groups is 6. The number of carboxylic acids is 2. The molecule has 66 heavy (non-hydrogen) atoms. The molecule has 0 aromatic carbocycles. The molecule has 2 unspecified atom stereocenters. The van der Waals surface area contributed by atoms with Gasteiger partial charge in [-0.05, 0) is 120 Å². The smallest absolute Gasteiger partial charge is 0.325 e. The fourth-order valence-corrected chi connectivity index (χ4v) is 13.0. The minimum Gasteiger partial charge on any atom is -0.481 e. The van der Waals surface area contributed by atoms with E-state index in [1.807, 2.05) is 55.4 Å². The van der Waals surface area contributed by atoms with E-state index in [1.165, 1.54) is 9.80 Å². The second-order valence-corrected chi connectivity index (χ2v) is 23.2. The average molecular weight is 933 g/mol. The van der Waals surface area contributed by atoms with Crippen LogP contribution in [0.25, 0.3) is 0 Å². The first-order valence-corrected chi connectivity index (χ1v) is 25.3. The van der Waals surface area contributed by atoms with Gasteiger partial charge in [0.25, 0.3) is 11.8 Å². The molecule has 0 bridgehead atoms. The zero-order valence-electron chi connectivity index (χ0n) is 42.4. The van der Waals surface area contributed by atoms with Crippen molar-refractivity contribution in [3.8, 4) is 0 Å². The molecule has 2 spiro atoms. The summed E-state index contributed by atoms with van der Waals surface area (Å²) in [5, 5.41) is 50.7. The zero-order chi connectivity index (χ0) is 49.5. The number of nitrogens with one attached hydrogen (secondary N) is 2. The summed E-state index contributed by atoms with van der Waals surface area (Å²) in [6, 6.07) is -0.778. The van der Waals surface area contributed by atoms with Crippen LogP contribution in [0.5, 0.6) is 0 Å². The maximum absolute atomic E-state index is 14.1. The summed E-state index contributed by atoms with van der Waals surface area (Å²) in [6.45, 7) is 20.8. The summed E-state index contributed by atoms with van der Waals surface area (Å²) < 4.78 is 0. The van der Waals surface area contributed by atoms with Gasteiger partial charge in [-0.2, -0.15) is 0 Å². The van der Waals surface area contributed by atoms with Crippen LogP contribution >= 0.6 is 0 Å². The van der Waals surface area contributed by atoms with Crippen LogP contribution in [0.2, 0.25) is 0 Å². The van der Waals surface area contributed by atoms with E-state index in [9.17, 15) is 49.2 Å². The fourth-order valence-electron chi connectivity index (χ4n) is 13.0. The van der Waals surface area contributed by atoms with E-state index in [-0.39, 0.29) is 94.8 Å². The second kappa shape index (κ2) is 22.0. The molecule has 378 valence electrons. The summed E-state index contributed by atoms with van der Waals surface area (Å²) in [6.07, 6.45) is 10.1. The molecular weight excluding hydrogens is 845 g/mol. The Morgan fingerprint density at radius 1 is 0.561 bits per heavy atom. The van der Waals surface area contributed by atoms with Crippen molar-refractivity contribution in [2.75, 3.05) is 26.2 Å². The lowest BCUT2D eigenvalue weighted by Gasteiger charge is -2.58. The first kappa shape index (κ1) is 55.3. The number of hydrogen-bond donors (Lipinski definition) is 6. The van der Waals surface area contributed by atoms with E-state index >= 15 is 0 Å². The topological polar surface area (TPSA) is 220 Å². The lowest BCUT2D eigenvalue weighted by molar-refractivity contribution is -0.158. The number of amides is 6. The number of aliphatic hydroxyl groups is 2. The normalized spacial score (nSPS) is 23.8. The van der Waals surface area contributed by atoms with Gasteiger partial charge in [0.2, 0.25) is 0 Å². The van der Waals surface area contributed by atoms with Gasteiger partial charge in [-0.1, -0.05) is 78.1 Å². The molecule has 4 saturated heterocycles. The molecule has 6 N–H and O–H groups in total. The van der Waals surface area contributed by atoms with Gasteiger partial charge in [-0.15, -0.1) is 0 Å². The van der Waals surface area contributed by atoms with Crippen molar-refractivity contribution < 1.29 is 49.2 Å². The van der Waals surface area contributed by atoms with Crippen LogP contribution in [-0.4, -0.2) is 147 Å². The van der Waals surface area contributed by atoms with Crippen LogP contribution in [-0.2, 0) is 19.2 Å². The largest absolute Gasteiger partial charge is 0.481 e. The van der Waals surface area contributed by atoms with Crippen molar-refractivity contribution in [3.05, 3.63) is 0 Å². The number of likely N-dealkylation sites (tertiary alicyclic amines) is 2. The number of carbonyl (C=O) groups excluding carboxylic acids is 4. The quantitative estimate of drug-likeness (QED) is 0.0350. The predicted octanol–water partition coefficient (Wildman–Crippen LogP) is 7.42. The highest BCUT2D eigenvalue weighted by Gasteiger charge is 2.63. The Kier molecular flexibility index (Phi) is 18.4.